The van der Waals surface area contributed by atoms with Crippen molar-refractivity contribution in [2.24, 2.45) is 5.92 Å². The largest absolute Gasteiger partial charge is 0.468 e. The molecule has 0 atom stereocenters. The zero-order valence-corrected chi connectivity index (χ0v) is 17.6. The maximum absolute atomic E-state index is 12.1. The van der Waals surface area contributed by atoms with Crippen LogP contribution in [0.3, 0.4) is 0 Å². The molecule has 1 aromatic heterocycles. The number of benzene rings is 1. The van der Waals surface area contributed by atoms with E-state index in [0.717, 1.165) is 16.7 Å². The van der Waals surface area contributed by atoms with Crippen molar-refractivity contribution >= 4 is 23.5 Å². The minimum absolute atomic E-state index is 0.0508. The molecule has 0 aliphatic carbocycles. The Bertz CT molecular complexity index is 871. The Morgan fingerprint density at radius 2 is 1.54 bits per heavy atom. The van der Waals surface area contributed by atoms with Gasteiger partial charge in [-0.25, -0.2) is 4.98 Å². The number of carbonyl (C=O) groups excluding carboxylic acids is 2. The van der Waals surface area contributed by atoms with Crippen molar-refractivity contribution in [3.05, 3.63) is 51.2 Å². The van der Waals surface area contributed by atoms with E-state index in [2.05, 4.69) is 4.98 Å². The molecule has 0 saturated carbocycles. The van der Waals surface area contributed by atoms with Gasteiger partial charge in [0.25, 0.3) is 0 Å². The van der Waals surface area contributed by atoms with E-state index >= 15 is 0 Å². The number of aromatic nitrogens is 1. The molecule has 6 nitrogen and oxygen atoms in total. The molecule has 2 aromatic rings. The van der Waals surface area contributed by atoms with Gasteiger partial charge in [0, 0.05) is 17.7 Å². The van der Waals surface area contributed by atoms with Crippen LogP contribution in [0.2, 0.25) is 5.02 Å². The number of nitrogens with zero attached hydrogens (tertiary/aromatic N) is 1. The predicted octanol–water partition coefficient (Wildman–Crippen LogP) is 4.27. The third-order valence-corrected chi connectivity index (χ3v) is 4.68. The topological polar surface area (TPSA) is 74.7 Å². The fourth-order valence-corrected chi connectivity index (χ4v) is 3.39. The summed E-state index contributed by atoms with van der Waals surface area (Å²) < 4.78 is 15.6. The fraction of sp³-hybridized carbons (Fsp3) is 0.381. The lowest BCUT2D eigenvalue weighted by Gasteiger charge is -2.18. The Morgan fingerprint density at radius 3 is 2.04 bits per heavy atom. The molecule has 0 fully saturated rings. The van der Waals surface area contributed by atoms with Gasteiger partial charge in [-0.1, -0.05) is 29.3 Å². The zero-order valence-electron chi connectivity index (χ0n) is 16.9. The molecule has 1 heterocycles. The number of carbonyl (C=O) groups is 2. The number of methoxy groups -OCH3 is 2. The number of pyridine rings is 1. The Kier molecular flexibility index (Phi) is 7.02. The Morgan fingerprint density at radius 1 is 1.00 bits per heavy atom. The van der Waals surface area contributed by atoms with Crippen molar-refractivity contribution in [2.75, 3.05) is 14.2 Å². The average Bonchev–Trinajstić information content (AvgIpc) is 2.62. The van der Waals surface area contributed by atoms with E-state index in [0.29, 0.717) is 22.0 Å². The van der Waals surface area contributed by atoms with Crippen LogP contribution >= 0.6 is 11.6 Å². The number of halogens is 1. The van der Waals surface area contributed by atoms with Crippen molar-refractivity contribution in [1.29, 1.82) is 0 Å². The van der Waals surface area contributed by atoms with Gasteiger partial charge in [-0.3, -0.25) is 9.59 Å². The van der Waals surface area contributed by atoms with Gasteiger partial charge in [0.2, 0.25) is 5.88 Å². The van der Waals surface area contributed by atoms with Gasteiger partial charge in [-0.05, 0) is 44.9 Å². The summed E-state index contributed by atoms with van der Waals surface area (Å²) in [6, 6.07) is 5.67. The molecule has 0 radical (unpaired) electrons. The Labute approximate surface area is 169 Å². The maximum atomic E-state index is 12.1. The second-order valence-electron chi connectivity index (χ2n) is 6.66. The molecular weight excluding hydrogens is 382 g/mol. The number of hydrogen-bond acceptors (Lipinski definition) is 6. The van der Waals surface area contributed by atoms with Gasteiger partial charge < -0.3 is 14.2 Å². The molecule has 0 aliphatic heterocycles. The van der Waals surface area contributed by atoms with Crippen LogP contribution in [-0.4, -0.2) is 31.1 Å². The van der Waals surface area contributed by atoms with Crippen molar-refractivity contribution < 1.29 is 23.8 Å². The zero-order chi connectivity index (χ0) is 21.0. The van der Waals surface area contributed by atoms with Crippen molar-refractivity contribution in [3.63, 3.8) is 0 Å². The first kappa shape index (κ1) is 21.7. The van der Waals surface area contributed by atoms with Crippen LogP contribution in [0.4, 0.5) is 0 Å². The molecule has 0 unspecified atom stereocenters. The first-order chi connectivity index (χ1) is 13.2. The SMILES string of the molecule is COC(=O)C(Cc1c(Cl)cc(C)nc1Oc1c(C)cc(C)cc1C)C(=O)OC. The maximum Gasteiger partial charge on any atom is 0.320 e. The number of esters is 2. The normalized spacial score (nSPS) is 10.7. The predicted molar refractivity (Wildman–Crippen MR) is 106 cm³/mol. The second kappa shape index (κ2) is 9.06. The molecule has 0 amide bonds. The van der Waals surface area contributed by atoms with E-state index in [1.807, 2.05) is 32.9 Å². The van der Waals surface area contributed by atoms with Crippen LogP contribution in [0, 0.1) is 33.6 Å². The number of hydrogen-bond donors (Lipinski definition) is 0. The lowest BCUT2D eigenvalue weighted by Crippen LogP contribution is -2.28. The average molecular weight is 406 g/mol. The van der Waals surface area contributed by atoms with Crippen LogP contribution in [-0.2, 0) is 25.5 Å². The molecule has 0 N–H and O–H groups in total. The second-order valence-corrected chi connectivity index (χ2v) is 7.07. The lowest BCUT2D eigenvalue weighted by atomic mass is 9.99. The van der Waals surface area contributed by atoms with E-state index in [9.17, 15) is 9.59 Å². The van der Waals surface area contributed by atoms with Crippen LogP contribution in [0.1, 0.15) is 27.9 Å². The summed E-state index contributed by atoms with van der Waals surface area (Å²) in [5, 5.41) is 0.350. The molecule has 1 aromatic carbocycles. The number of aryl methyl sites for hydroxylation is 4. The van der Waals surface area contributed by atoms with E-state index in [-0.39, 0.29) is 12.3 Å². The lowest BCUT2D eigenvalue weighted by molar-refractivity contribution is -0.158. The van der Waals surface area contributed by atoms with Crippen molar-refractivity contribution in [1.82, 2.24) is 4.98 Å². The minimum Gasteiger partial charge on any atom is -0.468 e. The first-order valence-electron chi connectivity index (χ1n) is 8.75. The Balaban J connectivity index is 2.52. The van der Waals surface area contributed by atoms with Crippen molar-refractivity contribution in [3.8, 4) is 11.6 Å². The summed E-state index contributed by atoms with van der Waals surface area (Å²) in [6.45, 7) is 7.68. The van der Waals surface area contributed by atoms with Gasteiger partial charge in [-0.2, -0.15) is 0 Å². The highest BCUT2D eigenvalue weighted by molar-refractivity contribution is 6.31. The summed E-state index contributed by atoms with van der Waals surface area (Å²) in [4.78, 5) is 28.6. The third-order valence-electron chi connectivity index (χ3n) is 4.34. The summed E-state index contributed by atoms with van der Waals surface area (Å²) >= 11 is 6.42. The van der Waals surface area contributed by atoms with Crippen LogP contribution in [0.25, 0.3) is 0 Å². The fourth-order valence-electron chi connectivity index (χ4n) is 3.08. The number of rotatable bonds is 6. The Hall–Kier alpha value is -2.60. The summed E-state index contributed by atoms with van der Waals surface area (Å²) in [5.74, 6) is -1.68. The standard InChI is InChI=1S/C21H24ClNO5/c1-11-7-12(2)18(13(3)8-11)28-19-15(17(22)9-14(4)23-19)10-16(20(24)26-5)21(25)27-6/h7-9,16H,10H2,1-6H3. The van der Waals surface area contributed by atoms with E-state index in [1.165, 1.54) is 14.2 Å². The highest BCUT2D eigenvalue weighted by atomic mass is 35.5. The molecule has 0 saturated heterocycles. The van der Waals surface area contributed by atoms with E-state index in [4.69, 9.17) is 25.8 Å². The third kappa shape index (κ3) is 4.81. The van der Waals surface area contributed by atoms with Gasteiger partial charge in [0.05, 0.1) is 19.2 Å². The number of ether oxygens (including phenoxy) is 3. The van der Waals surface area contributed by atoms with Crippen LogP contribution in [0.5, 0.6) is 11.6 Å². The summed E-state index contributed by atoms with van der Waals surface area (Å²) in [5.41, 5.74) is 4.10. The minimum atomic E-state index is -1.17. The van der Waals surface area contributed by atoms with E-state index < -0.39 is 17.9 Å². The first-order valence-corrected chi connectivity index (χ1v) is 9.13. The smallest absolute Gasteiger partial charge is 0.320 e. The highest BCUT2D eigenvalue weighted by Gasteiger charge is 2.31. The molecule has 2 rings (SSSR count). The van der Waals surface area contributed by atoms with Crippen molar-refractivity contribution in [2.45, 2.75) is 34.1 Å². The molecule has 28 heavy (non-hydrogen) atoms. The quantitative estimate of drug-likeness (QED) is 0.528. The molecule has 150 valence electrons. The van der Waals surface area contributed by atoms with E-state index in [1.54, 1.807) is 13.0 Å². The van der Waals surface area contributed by atoms with Gasteiger partial charge in [0.1, 0.15) is 5.75 Å². The molecule has 0 bridgehead atoms. The van der Waals surface area contributed by atoms with Gasteiger partial charge in [0.15, 0.2) is 5.92 Å². The molecule has 0 aliphatic rings. The van der Waals surface area contributed by atoms with Gasteiger partial charge >= 0.3 is 11.9 Å². The summed E-state index contributed by atoms with van der Waals surface area (Å²) in [7, 11) is 2.42. The van der Waals surface area contributed by atoms with Gasteiger partial charge in [-0.15, -0.1) is 0 Å². The molecule has 7 heteroatoms. The highest BCUT2D eigenvalue weighted by Crippen LogP contribution is 2.35. The summed E-state index contributed by atoms with van der Waals surface area (Å²) in [6.07, 6.45) is -0.0508. The van der Waals surface area contributed by atoms with Crippen LogP contribution in [0.15, 0.2) is 18.2 Å². The monoisotopic (exact) mass is 405 g/mol. The molecule has 0 spiro atoms. The molecular formula is C21H24ClNO5. The van der Waals surface area contributed by atoms with Crippen LogP contribution < -0.4 is 4.74 Å².